The molecular weight excluding hydrogens is 385 g/mol. The monoisotopic (exact) mass is 397 g/mol. The largest absolute Gasteiger partial charge is 0.458 e. The second-order valence-electron chi connectivity index (χ2n) is 4.87. The van der Waals surface area contributed by atoms with Gasteiger partial charge in [0.1, 0.15) is 23.7 Å². The van der Waals surface area contributed by atoms with E-state index in [4.69, 9.17) is 37.8 Å². The molecule has 7 nitrogen and oxygen atoms in total. The van der Waals surface area contributed by atoms with Crippen LogP contribution in [0, 0.1) is 10.1 Å². The summed E-state index contributed by atoms with van der Waals surface area (Å²) in [6, 6.07) is 8.25. The Labute approximate surface area is 158 Å². The highest BCUT2D eigenvalue weighted by Gasteiger charge is 2.22. The minimum atomic E-state index is -0.896. The van der Waals surface area contributed by atoms with E-state index in [9.17, 15) is 14.9 Å². The van der Waals surface area contributed by atoms with Crippen molar-refractivity contribution in [3.05, 3.63) is 74.3 Å². The van der Waals surface area contributed by atoms with Crippen molar-refractivity contribution in [2.24, 2.45) is 0 Å². The quantitative estimate of drug-likeness (QED) is 0.321. The maximum absolute atomic E-state index is 12.1. The predicted molar refractivity (Wildman–Crippen MR) is 96.1 cm³/mol. The number of aliphatic hydroxyl groups excluding tert-OH is 1. The lowest BCUT2D eigenvalue weighted by molar-refractivity contribution is -0.385. The third kappa shape index (κ3) is 5.19. The number of ether oxygens (including phenoxy) is 2. The summed E-state index contributed by atoms with van der Waals surface area (Å²) in [6.45, 7) is -0.340. The van der Waals surface area contributed by atoms with Gasteiger partial charge in [-0.05, 0) is 30.3 Å². The molecule has 2 aromatic carbocycles. The van der Waals surface area contributed by atoms with E-state index in [1.807, 2.05) is 0 Å². The van der Waals surface area contributed by atoms with E-state index in [2.05, 4.69) is 0 Å². The third-order valence-corrected chi connectivity index (χ3v) is 3.62. The molecule has 0 aliphatic carbocycles. The Morgan fingerprint density at radius 1 is 1.19 bits per heavy atom. The molecule has 26 heavy (non-hydrogen) atoms. The van der Waals surface area contributed by atoms with Crippen molar-refractivity contribution in [2.75, 3.05) is 13.2 Å². The van der Waals surface area contributed by atoms with Crippen molar-refractivity contribution in [3.63, 3.8) is 0 Å². The maximum Gasteiger partial charge on any atom is 0.345 e. The lowest BCUT2D eigenvalue weighted by Crippen LogP contribution is -2.08. The Kier molecular flexibility index (Phi) is 6.97. The second-order valence-corrected chi connectivity index (χ2v) is 5.71. The fourth-order valence-corrected chi connectivity index (χ4v) is 2.38. The van der Waals surface area contributed by atoms with Gasteiger partial charge in [0.15, 0.2) is 0 Å². The van der Waals surface area contributed by atoms with Crippen LogP contribution in [0.15, 0.2) is 48.6 Å². The number of nitrogens with zero attached hydrogens (tertiary/aromatic N) is 1. The van der Waals surface area contributed by atoms with E-state index in [-0.39, 0.29) is 35.3 Å². The molecule has 1 N–H and O–H groups in total. The number of carbonyl (C=O) groups is 1. The van der Waals surface area contributed by atoms with Gasteiger partial charge >= 0.3 is 5.97 Å². The maximum atomic E-state index is 12.1. The van der Waals surface area contributed by atoms with Crippen LogP contribution in [0.3, 0.4) is 0 Å². The van der Waals surface area contributed by atoms with Gasteiger partial charge in [-0.25, -0.2) is 4.79 Å². The first-order valence-corrected chi connectivity index (χ1v) is 8.02. The number of esters is 1. The van der Waals surface area contributed by atoms with Gasteiger partial charge in [-0.15, -0.1) is 0 Å². The summed E-state index contributed by atoms with van der Waals surface area (Å²) in [4.78, 5) is 22.6. The molecule has 0 aliphatic rings. The molecule has 0 aromatic heterocycles. The summed E-state index contributed by atoms with van der Waals surface area (Å²) in [6.07, 6.45) is 2.79. The van der Waals surface area contributed by atoms with Crippen molar-refractivity contribution in [2.45, 2.75) is 0 Å². The first-order valence-electron chi connectivity index (χ1n) is 7.26. The van der Waals surface area contributed by atoms with Crippen molar-refractivity contribution in [1.82, 2.24) is 0 Å². The Balaban J connectivity index is 2.28. The zero-order valence-electron chi connectivity index (χ0n) is 13.2. The van der Waals surface area contributed by atoms with E-state index in [0.717, 1.165) is 6.07 Å². The summed E-state index contributed by atoms with van der Waals surface area (Å²) >= 11 is 11.8. The Bertz CT molecular complexity index is 853. The minimum Gasteiger partial charge on any atom is -0.458 e. The van der Waals surface area contributed by atoms with E-state index < -0.39 is 16.6 Å². The fourth-order valence-electron chi connectivity index (χ4n) is 1.93. The molecular formula is C17H13Cl2NO6. The van der Waals surface area contributed by atoms with Crippen LogP contribution >= 0.6 is 23.2 Å². The Morgan fingerprint density at radius 2 is 1.96 bits per heavy atom. The number of nitro groups is 1. The van der Waals surface area contributed by atoms with Crippen LogP contribution in [0.1, 0.15) is 10.4 Å². The van der Waals surface area contributed by atoms with E-state index >= 15 is 0 Å². The van der Waals surface area contributed by atoms with Gasteiger partial charge in [-0.1, -0.05) is 29.3 Å². The first-order chi connectivity index (χ1) is 12.4. The lowest BCUT2D eigenvalue weighted by Gasteiger charge is -2.09. The lowest BCUT2D eigenvalue weighted by atomic mass is 10.1. The van der Waals surface area contributed by atoms with Crippen molar-refractivity contribution >= 4 is 34.9 Å². The van der Waals surface area contributed by atoms with Crippen LogP contribution in [0.4, 0.5) is 5.69 Å². The van der Waals surface area contributed by atoms with E-state index in [0.29, 0.717) is 5.02 Å². The molecule has 0 radical (unpaired) electrons. The number of carbonyl (C=O) groups excluding carboxylic acids is 1. The molecule has 0 atom stereocenters. The molecule has 0 aliphatic heterocycles. The zero-order chi connectivity index (χ0) is 19.1. The molecule has 0 saturated carbocycles. The number of nitro benzene ring substituents is 1. The minimum absolute atomic E-state index is 0.134. The summed E-state index contributed by atoms with van der Waals surface area (Å²) in [5, 5.41) is 20.4. The van der Waals surface area contributed by atoms with E-state index in [1.54, 1.807) is 6.07 Å². The second kappa shape index (κ2) is 9.19. The Hall–Kier alpha value is -2.61. The number of rotatable bonds is 7. The van der Waals surface area contributed by atoms with Crippen LogP contribution in [0.5, 0.6) is 11.5 Å². The van der Waals surface area contributed by atoms with Gasteiger partial charge in [0.25, 0.3) is 5.69 Å². The predicted octanol–water partition coefficient (Wildman–Crippen LogP) is 4.40. The molecule has 0 spiro atoms. The number of benzene rings is 2. The summed E-state index contributed by atoms with van der Waals surface area (Å²) in [5.74, 6) is -0.459. The molecule has 0 saturated heterocycles. The highest BCUT2D eigenvalue weighted by Crippen LogP contribution is 2.33. The highest BCUT2D eigenvalue weighted by atomic mass is 35.5. The topological polar surface area (TPSA) is 98.9 Å². The molecule has 136 valence electrons. The summed E-state index contributed by atoms with van der Waals surface area (Å²) in [5.41, 5.74) is -0.689. The van der Waals surface area contributed by atoms with Crippen molar-refractivity contribution in [3.8, 4) is 11.5 Å². The summed E-state index contributed by atoms with van der Waals surface area (Å²) in [7, 11) is 0. The van der Waals surface area contributed by atoms with Crippen molar-refractivity contribution in [1.29, 1.82) is 0 Å². The average Bonchev–Trinajstić information content (AvgIpc) is 2.60. The zero-order valence-corrected chi connectivity index (χ0v) is 14.7. The number of hydrogen-bond acceptors (Lipinski definition) is 6. The van der Waals surface area contributed by atoms with Gasteiger partial charge in [0.05, 0.1) is 16.6 Å². The molecule has 0 fully saturated rings. The van der Waals surface area contributed by atoms with Gasteiger partial charge in [-0.3, -0.25) is 10.1 Å². The molecule has 0 bridgehead atoms. The highest BCUT2D eigenvalue weighted by molar-refractivity contribution is 6.35. The fraction of sp³-hybridized carbons (Fsp3) is 0.118. The molecule has 0 amide bonds. The standard InChI is InChI=1S/C17H13Cl2NO6/c18-11-3-6-16(14(19)9-11)26-12-4-5-15(20(23)24)13(10-12)17(22)25-8-2-1-7-21/h1-6,9-10,21H,7-8H2. The van der Waals surface area contributed by atoms with Crippen LogP contribution in [-0.4, -0.2) is 29.2 Å². The number of hydrogen-bond donors (Lipinski definition) is 1. The Morgan fingerprint density at radius 3 is 2.62 bits per heavy atom. The first kappa shape index (κ1) is 19.7. The van der Waals surface area contributed by atoms with Crippen LogP contribution in [0.25, 0.3) is 0 Å². The summed E-state index contributed by atoms with van der Waals surface area (Å²) < 4.78 is 10.5. The van der Waals surface area contributed by atoms with Gasteiger partial charge < -0.3 is 14.6 Å². The molecule has 9 heteroatoms. The third-order valence-electron chi connectivity index (χ3n) is 3.09. The molecule has 0 heterocycles. The van der Waals surface area contributed by atoms with Gasteiger partial charge in [0, 0.05) is 17.2 Å². The van der Waals surface area contributed by atoms with Gasteiger partial charge in [0.2, 0.25) is 0 Å². The van der Waals surface area contributed by atoms with Crippen molar-refractivity contribution < 1.29 is 24.3 Å². The normalized spacial score (nSPS) is 10.7. The number of aliphatic hydroxyl groups is 1. The smallest absolute Gasteiger partial charge is 0.345 e. The van der Waals surface area contributed by atoms with Crippen LogP contribution < -0.4 is 4.74 Å². The van der Waals surface area contributed by atoms with E-state index in [1.165, 1.54) is 36.4 Å². The number of halogens is 2. The molecule has 2 aromatic rings. The van der Waals surface area contributed by atoms with Gasteiger partial charge in [-0.2, -0.15) is 0 Å². The average molecular weight is 398 g/mol. The van der Waals surface area contributed by atoms with Crippen LogP contribution in [0.2, 0.25) is 10.0 Å². The van der Waals surface area contributed by atoms with Crippen LogP contribution in [-0.2, 0) is 4.74 Å². The SMILES string of the molecule is O=C(OCC=CCO)c1cc(Oc2ccc(Cl)cc2Cl)ccc1[N+](=O)[O-]. The molecule has 2 rings (SSSR count). The molecule has 0 unspecified atom stereocenters.